The van der Waals surface area contributed by atoms with Crippen LogP contribution in [-0.2, 0) is 4.74 Å². The van der Waals surface area contributed by atoms with E-state index in [9.17, 15) is 14.7 Å². The van der Waals surface area contributed by atoms with Crippen molar-refractivity contribution in [2.75, 3.05) is 13.7 Å². The van der Waals surface area contributed by atoms with Crippen molar-refractivity contribution in [3.8, 4) is 0 Å². The van der Waals surface area contributed by atoms with E-state index in [1.54, 1.807) is 18.1 Å². The fraction of sp³-hybridized carbons (Fsp3) is 0.588. The fourth-order valence-electron chi connectivity index (χ4n) is 4.30. The van der Waals surface area contributed by atoms with E-state index in [0.717, 1.165) is 5.69 Å². The van der Waals surface area contributed by atoms with Gasteiger partial charge in [-0.15, -0.1) is 0 Å². The standard InChI is InChI=1S/C17H22N4O4/c1-10-7-14-18-9-12(16(24)21(14)19-10)15(23)20-6-5-17(25-2)4-3-11(22)8-13(17)20/h7,9,11,13,19,22H,3-6,8H2,1-2H3/t11-,13+,17-/m1/s1. The van der Waals surface area contributed by atoms with Crippen LogP contribution in [0.1, 0.15) is 41.7 Å². The Kier molecular flexibility index (Phi) is 3.69. The van der Waals surface area contributed by atoms with E-state index in [0.29, 0.717) is 37.9 Å². The summed E-state index contributed by atoms with van der Waals surface area (Å²) in [4.78, 5) is 31.6. The number of methoxy groups -OCH3 is 1. The van der Waals surface area contributed by atoms with Gasteiger partial charge in [-0.05, 0) is 32.6 Å². The molecule has 3 heterocycles. The molecule has 25 heavy (non-hydrogen) atoms. The molecule has 0 aromatic carbocycles. The molecular weight excluding hydrogens is 324 g/mol. The number of rotatable bonds is 2. The zero-order valence-corrected chi connectivity index (χ0v) is 14.4. The summed E-state index contributed by atoms with van der Waals surface area (Å²) in [5.74, 6) is -0.350. The summed E-state index contributed by atoms with van der Waals surface area (Å²) >= 11 is 0. The Morgan fingerprint density at radius 2 is 2.28 bits per heavy atom. The quantitative estimate of drug-likeness (QED) is 0.824. The van der Waals surface area contributed by atoms with Crippen LogP contribution in [0.2, 0.25) is 0 Å². The molecule has 2 aromatic rings. The molecule has 8 nitrogen and oxygen atoms in total. The highest BCUT2D eigenvalue weighted by atomic mass is 16.5. The van der Waals surface area contributed by atoms with Crippen molar-refractivity contribution in [1.29, 1.82) is 0 Å². The molecular formula is C17H22N4O4. The molecule has 3 atom stereocenters. The van der Waals surface area contributed by atoms with E-state index in [4.69, 9.17) is 4.74 Å². The molecule has 1 aliphatic heterocycles. The maximum Gasteiger partial charge on any atom is 0.285 e. The van der Waals surface area contributed by atoms with E-state index in [1.165, 1.54) is 10.7 Å². The second-order valence-electron chi connectivity index (χ2n) is 7.07. The lowest BCUT2D eigenvalue weighted by molar-refractivity contribution is -0.0824. The molecule has 4 rings (SSSR count). The second kappa shape index (κ2) is 5.67. The number of nitrogens with one attached hydrogen (secondary N) is 1. The highest BCUT2D eigenvalue weighted by Crippen LogP contribution is 2.42. The van der Waals surface area contributed by atoms with Gasteiger partial charge in [0, 0.05) is 31.6 Å². The minimum Gasteiger partial charge on any atom is -0.393 e. The number of aromatic nitrogens is 3. The van der Waals surface area contributed by atoms with E-state index in [2.05, 4.69) is 10.1 Å². The van der Waals surface area contributed by atoms with Crippen LogP contribution in [0.25, 0.3) is 5.65 Å². The number of hydrogen-bond donors (Lipinski definition) is 2. The smallest absolute Gasteiger partial charge is 0.285 e. The third-order valence-electron chi connectivity index (χ3n) is 5.68. The predicted octanol–water partition coefficient (Wildman–Crippen LogP) is 0.476. The summed E-state index contributed by atoms with van der Waals surface area (Å²) in [5.41, 5.74) is 0.482. The normalized spacial score (nSPS) is 29.2. The van der Waals surface area contributed by atoms with Crippen molar-refractivity contribution in [3.05, 3.63) is 33.9 Å². The van der Waals surface area contributed by atoms with Crippen LogP contribution < -0.4 is 5.56 Å². The van der Waals surface area contributed by atoms with Crippen LogP contribution in [-0.4, -0.2) is 61.9 Å². The minimum atomic E-state index is -0.450. The summed E-state index contributed by atoms with van der Waals surface area (Å²) in [6.45, 7) is 2.34. The van der Waals surface area contributed by atoms with E-state index in [1.807, 2.05) is 6.92 Å². The lowest BCUT2D eigenvalue weighted by Crippen LogP contribution is -2.53. The molecule has 1 saturated heterocycles. The molecule has 2 N–H and O–H groups in total. The molecule has 1 saturated carbocycles. The largest absolute Gasteiger partial charge is 0.393 e. The van der Waals surface area contributed by atoms with Gasteiger partial charge in [0.2, 0.25) is 0 Å². The molecule has 0 unspecified atom stereocenters. The number of aromatic amines is 1. The number of aliphatic hydroxyl groups excluding tert-OH is 1. The number of H-pyrrole nitrogens is 1. The van der Waals surface area contributed by atoms with Gasteiger partial charge in [0.1, 0.15) is 5.56 Å². The molecule has 2 aromatic heterocycles. The van der Waals surface area contributed by atoms with E-state index >= 15 is 0 Å². The number of ether oxygens (including phenoxy) is 1. The van der Waals surface area contributed by atoms with Crippen LogP contribution in [0, 0.1) is 6.92 Å². The lowest BCUT2D eigenvalue weighted by Gasteiger charge is -2.42. The molecule has 0 spiro atoms. The van der Waals surface area contributed by atoms with Crippen LogP contribution in [0.15, 0.2) is 17.1 Å². The van der Waals surface area contributed by atoms with Crippen LogP contribution in [0.3, 0.4) is 0 Å². The average Bonchev–Trinajstić information content (AvgIpc) is 3.15. The lowest BCUT2D eigenvalue weighted by atomic mass is 9.79. The fourth-order valence-corrected chi connectivity index (χ4v) is 4.30. The maximum atomic E-state index is 13.1. The zero-order chi connectivity index (χ0) is 17.8. The molecule has 1 aliphatic carbocycles. The Morgan fingerprint density at radius 1 is 1.48 bits per heavy atom. The molecule has 2 aliphatic rings. The Hall–Kier alpha value is -2.19. The van der Waals surface area contributed by atoms with E-state index < -0.39 is 17.3 Å². The summed E-state index contributed by atoms with van der Waals surface area (Å²) in [5, 5.41) is 13.0. The number of hydrogen-bond acceptors (Lipinski definition) is 5. The van der Waals surface area contributed by atoms with Crippen LogP contribution in [0.4, 0.5) is 0 Å². The van der Waals surface area contributed by atoms with Gasteiger partial charge in [0.05, 0.1) is 17.7 Å². The Balaban J connectivity index is 1.71. The van der Waals surface area contributed by atoms with Gasteiger partial charge in [-0.2, -0.15) is 0 Å². The highest BCUT2D eigenvalue weighted by Gasteiger charge is 2.52. The van der Waals surface area contributed by atoms with Gasteiger partial charge < -0.3 is 14.7 Å². The van der Waals surface area contributed by atoms with Gasteiger partial charge >= 0.3 is 0 Å². The highest BCUT2D eigenvalue weighted by molar-refractivity contribution is 5.94. The number of likely N-dealkylation sites (tertiary alicyclic amines) is 1. The molecule has 1 amide bonds. The molecule has 2 fully saturated rings. The van der Waals surface area contributed by atoms with Gasteiger partial charge in [-0.25, -0.2) is 9.50 Å². The van der Waals surface area contributed by atoms with Crippen molar-refractivity contribution in [1.82, 2.24) is 19.5 Å². The Morgan fingerprint density at radius 3 is 3.04 bits per heavy atom. The number of aryl methyl sites for hydroxylation is 1. The minimum absolute atomic E-state index is 0.0336. The molecule has 0 radical (unpaired) electrons. The van der Waals surface area contributed by atoms with Crippen molar-refractivity contribution >= 4 is 11.6 Å². The third kappa shape index (κ3) is 2.39. The average molecular weight is 346 g/mol. The summed E-state index contributed by atoms with van der Waals surface area (Å²) in [6.07, 6.45) is 3.47. The van der Waals surface area contributed by atoms with Gasteiger partial charge in [-0.1, -0.05) is 0 Å². The number of aliphatic hydroxyl groups is 1. The van der Waals surface area contributed by atoms with Gasteiger partial charge in [-0.3, -0.25) is 14.7 Å². The number of nitrogens with zero attached hydrogens (tertiary/aromatic N) is 3. The van der Waals surface area contributed by atoms with Gasteiger partial charge in [0.25, 0.3) is 11.5 Å². The summed E-state index contributed by atoms with van der Waals surface area (Å²) in [7, 11) is 1.66. The van der Waals surface area contributed by atoms with Crippen LogP contribution >= 0.6 is 0 Å². The first-order chi connectivity index (χ1) is 11.9. The summed E-state index contributed by atoms with van der Waals surface area (Å²) < 4.78 is 7.05. The first-order valence-electron chi connectivity index (χ1n) is 8.57. The topological polar surface area (TPSA) is 99.9 Å². The molecule has 134 valence electrons. The van der Waals surface area contributed by atoms with E-state index in [-0.39, 0.29) is 17.5 Å². The zero-order valence-electron chi connectivity index (χ0n) is 14.4. The Bertz CT molecular complexity index is 888. The molecule has 0 bridgehead atoms. The monoisotopic (exact) mass is 346 g/mol. The first kappa shape index (κ1) is 16.3. The Labute approximate surface area is 144 Å². The van der Waals surface area contributed by atoms with Crippen molar-refractivity contribution in [2.24, 2.45) is 0 Å². The van der Waals surface area contributed by atoms with Crippen molar-refractivity contribution in [3.63, 3.8) is 0 Å². The van der Waals surface area contributed by atoms with Crippen molar-refractivity contribution < 1.29 is 14.6 Å². The molecule has 8 heteroatoms. The first-order valence-corrected chi connectivity index (χ1v) is 8.57. The summed E-state index contributed by atoms with van der Waals surface area (Å²) in [6, 6.07) is 1.53. The van der Waals surface area contributed by atoms with Crippen LogP contribution in [0.5, 0.6) is 0 Å². The SMILES string of the molecule is CO[C@@]12CC[C@@H](O)C[C@@H]1N(C(=O)c1cnc3cc(C)[nH]n3c1=O)CC2. The third-order valence-corrected chi connectivity index (χ3v) is 5.68. The number of amides is 1. The number of carbonyl (C=O) groups excluding carboxylic acids is 1. The predicted molar refractivity (Wildman–Crippen MR) is 89.6 cm³/mol. The maximum absolute atomic E-state index is 13.1. The van der Waals surface area contributed by atoms with Gasteiger partial charge in [0.15, 0.2) is 5.65 Å². The number of carbonyl (C=O) groups is 1. The second-order valence-corrected chi connectivity index (χ2v) is 7.07. The number of fused-ring (bicyclic) bond motifs is 2. The van der Waals surface area contributed by atoms with Crippen molar-refractivity contribution in [2.45, 2.75) is 50.4 Å².